The van der Waals surface area contributed by atoms with E-state index in [1.807, 2.05) is 41.1 Å². The molecule has 5 nitrogen and oxygen atoms in total. The number of aromatic carboxylic acids is 1. The summed E-state index contributed by atoms with van der Waals surface area (Å²) < 4.78 is 1.93. The van der Waals surface area contributed by atoms with E-state index < -0.39 is 5.97 Å². The average molecular weight is 379 g/mol. The lowest BCUT2D eigenvalue weighted by Gasteiger charge is -2.09. The van der Waals surface area contributed by atoms with Gasteiger partial charge < -0.3 is 5.11 Å². The Morgan fingerprint density at radius 3 is 2.59 bits per heavy atom. The third-order valence-corrected chi connectivity index (χ3v) is 4.45. The molecule has 1 aromatic heterocycles. The third kappa shape index (κ3) is 4.46. The first-order valence-electron chi connectivity index (χ1n) is 8.90. The van der Waals surface area contributed by atoms with Crippen LogP contribution in [0.15, 0.2) is 48.5 Å². The van der Waals surface area contributed by atoms with Crippen molar-refractivity contribution in [3.05, 3.63) is 71.3 Å². The average Bonchev–Trinajstić information content (AvgIpc) is 3.04. The van der Waals surface area contributed by atoms with E-state index in [-0.39, 0.29) is 0 Å². The highest BCUT2D eigenvalue weighted by Gasteiger charge is 2.12. The summed E-state index contributed by atoms with van der Waals surface area (Å²) in [7, 11) is 0. The zero-order valence-electron chi connectivity index (χ0n) is 15.1. The lowest BCUT2D eigenvalue weighted by molar-refractivity contribution is 0.0697. The van der Waals surface area contributed by atoms with E-state index in [9.17, 15) is 9.90 Å². The first kappa shape index (κ1) is 18.9. The van der Waals surface area contributed by atoms with Gasteiger partial charge in [0, 0.05) is 12.8 Å². The smallest absolute Gasteiger partial charge is 0.336 e. The topological polar surface area (TPSA) is 68.0 Å². The molecule has 138 valence electrons. The van der Waals surface area contributed by atoms with E-state index in [0.717, 1.165) is 35.6 Å². The van der Waals surface area contributed by atoms with Gasteiger partial charge in [-0.05, 0) is 34.5 Å². The summed E-state index contributed by atoms with van der Waals surface area (Å²) in [4.78, 5) is 16.0. The monoisotopic (exact) mass is 379 g/mol. The molecule has 0 saturated heterocycles. The molecule has 0 fully saturated rings. The van der Waals surface area contributed by atoms with E-state index >= 15 is 0 Å². The number of thiocarbonyl (C=S) groups is 1. The van der Waals surface area contributed by atoms with Crippen molar-refractivity contribution in [1.29, 1.82) is 0 Å². The second-order valence-electron chi connectivity index (χ2n) is 6.27. The number of hydrogen-bond acceptors (Lipinski definition) is 4. The van der Waals surface area contributed by atoms with Crippen LogP contribution < -0.4 is 0 Å². The number of carboxylic acids is 1. The van der Waals surface area contributed by atoms with Crippen molar-refractivity contribution in [2.75, 3.05) is 0 Å². The van der Waals surface area contributed by atoms with Gasteiger partial charge in [0.05, 0.1) is 12.1 Å². The summed E-state index contributed by atoms with van der Waals surface area (Å²) >= 11 is 4.91. The highest BCUT2D eigenvalue weighted by Crippen LogP contribution is 2.24. The number of carboxylic acid groups (broad SMARTS) is 1. The molecule has 0 aliphatic heterocycles. The third-order valence-electron chi connectivity index (χ3n) is 4.29. The quantitative estimate of drug-likeness (QED) is 0.595. The van der Waals surface area contributed by atoms with Crippen LogP contribution in [-0.4, -0.2) is 31.2 Å². The van der Waals surface area contributed by atoms with Crippen molar-refractivity contribution in [1.82, 2.24) is 14.8 Å². The second-order valence-corrected chi connectivity index (χ2v) is 6.60. The van der Waals surface area contributed by atoms with Crippen LogP contribution in [0.25, 0.3) is 11.1 Å². The molecule has 3 rings (SSSR count). The Morgan fingerprint density at radius 1 is 1.19 bits per heavy atom. The van der Waals surface area contributed by atoms with Crippen LogP contribution in [0.2, 0.25) is 0 Å². The molecule has 0 aliphatic rings. The Kier molecular flexibility index (Phi) is 6.08. The number of aryl methyl sites for hydroxylation is 1. The van der Waals surface area contributed by atoms with Crippen molar-refractivity contribution in [3.8, 4) is 11.1 Å². The van der Waals surface area contributed by atoms with Crippen LogP contribution in [0.1, 0.15) is 40.9 Å². The maximum absolute atomic E-state index is 11.4. The number of hydrogen-bond donors (Lipinski definition) is 1. The maximum Gasteiger partial charge on any atom is 0.336 e. The van der Waals surface area contributed by atoms with Gasteiger partial charge in [-0.25, -0.2) is 14.5 Å². The molecular formula is C21H21N3O2S. The van der Waals surface area contributed by atoms with E-state index in [1.165, 1.54) is 0 Å². The predicted molar refractivity (Wildman–Crippen MR) is 109 cm³/mol. The molecule has 1 N–H and O–H groups in total. The summed E-state index contributed by atoms with van der Waals surface area (Å²) in [6.07, 6.45) is 2.46. The summed E-state index contributed by atoms with van der Waals surface area (Å²) in [5.41, 5.74) is 2.98. The van der Waals surface area contributed by atoms with Gasteiger partial charge in [0.25, 0.3) is 0 Å². The molecule has 0 radical (unpaired) electrons. The molecule has 0 amide bonds. The number of nitrogens with zero attached hydrogens (tertiary/aromatic N) is 3. The van der Waals surface area contributed by atoms with Gasteiger partial charge in [-0.1, -0.05) is 61.6 Å². The molecule has 27 heavy (non-hydrogen) atoms. The predicted octanol–water partition coefficient (Wildman–Crippen LogP) is 4.19. The van der Waals surface area contributed by atoms with Gasteiger partial charge in [0.15, 0.2) is 5.82 Å². The zero-order chi connectivity index (χ0) is 19.2. The summed E-state index contributed by atoms with van der Waals surface area (Å²) in [5, 5.41) is 15.6. The normalized spacial score (nSPS) is 10.7. The minimum absolute atomic E-state index is 0.302. The van der Waals surface area contributed by atoms with Crippen LogP contribution >= 0.6 is 12.2 Å². The minimum Gasteiger partial charge on any atom is -0.478 e. The zero-order valence-corrected chi connectivity index (χ0v) is 15.9. The van der Waals surface area contributed by atoms with Gasteiger partial charge in [0.1, 0.15) is 5.82 Å². The van der Waals surface area contributed by atoms with Gasteiger partial charge >= 0.3 is 5.97 Å². The highest BCUT2D eigenvalue weighted by atomic mass is 32.1. The van der Waals surface area contributed by atoms with E-state index in [0.29, 0.717) is 24.1 Å². The Morgan fingerprint density at radius 2 is 1.93 bits per heavy atom. The lowest BCUT2D eigenvalue weighted by Crippen LogP contribution is -2.07. The van der Waals surface area contributed by atoms with Gasteiger partial charge in [-0.2, -0.15) is 5.10 Å². The minimum atomic E-state index is -0.924. The standard InChI is InChI=1S/C21H21N3O2S/c1-2-5-20-22-19(12-13-27)23-24(20)14-15-8-10-16(11-9-15)17-6-3-4-7-18(17)21(25)26/h3-4,6-11,13H,2,5,12,14H2,1H3,(H,25,26). The fourth-order valence-electron chi connectivity index (χ4n) is 3.01. The molecule has 0 bridgehead atoms. The first-order chi connectivity index (χ1) is 13.1. The number of aromatic nitrogens is 3. The van der Waals surface area contributed by atoms with Crippen molar-refractivity contribution in [2.24, 2.45) is 0 Å². The van der Waals surface area contributed by atoms with Gasteiger partial charge in [-0.15, -0.1) is 0 Å². The highest BCUT2D eigenvalue weighted by molar-refractivity contribution is 7.78. The van der Waals surface area contributed by atoms with E-state index in [1.54, 1.807) is 17.5 Å². The summed E-state index contributed by atoms with van der Waals surface area (Å²) in [6, 6.07) is 14.9. The fraction of sp³-hybridized carbons (Fsp3) is 0.238. The Balaban J connectivity index is 1.85. The Bertz CT molecular complexity index is 948. The molecule has 0 unspecified atom stereocenters. The van der Waals surface area contributed by atoms with Crippen molar-refractivity contribution >= 4 is 23.6 Å². The molecule has 1 heterocycles. The maximum atomic E-state index is 11.4. The first-order valence-corrected chi connectivity index (χ1v) is 9.37. The molecular weight excluding hydrogens is 358 g/mol. The van der Waals surface area contributed by atoms with Crippen LogP contribution in [-0.2, 0) is 19.4 Å². The molecule has 0 saturated carbocycles. The van der Waals surface area contributed by atoms with Gasteiger partial charge in [0.2, 0.25) is 0 Å². The largest absolute Gasteiger partial charge is 0.478 e. The molecule has 0 aliphatic carbocycles. The fourth-order valence-corrected chi connectivity index (χ4v) is 3.16. The molecule has 0 spiro atoms. The number of carbonyl (C=O) groups is 1. The van der Waals surface area contributed by atoms with E-state index in [4.69, 9.17) is 12.2 Å². The molecule has 3 aromatic rings. The molecule has 6 heteroatoms. The molecule has 0 atom stereocenters. The van der Waals surface area contributed by atoms with Crippen molar-refractivity contribution < 1.29 is 9.90 Å². The van der Waals surface area contributed by atoms with Crippen LogP contribution in [0, 0.1) is 0 Å². The van der Waals surface area contributed by atoms with Gasteiger partial charge in [-0.3, -0.25) is 0 Å². The van der Waals surface area contributed by atoms with Crippen LogP contribution in [0.5, 0.6) is 0 Å². The SMILES string of the molecule is CCCc1nc(CC=S)nn1Cc1ccc(-c2ccccc2C(=O)O)cc1. The summed E-state index contributed by atoms with van der Waals surface area (Å²) in [6.45, 7) is 2.74. The van der Waals surface area contributed by atoms with Crippen molar-refractivity contribution in [2.45, 2.75) is 32.7 Å². The Labute approximate surface area is 163 Å². The molecule has 2 aromatic carbocycles. The van der Waals surface area contributed by atoms with Crippen LogP contribution in [0.3, 0.4) is 0 Å². The lowest BCUT2D eigenvalue weighted by atomic mass is 9.99. The Hall–Kier alpha value is -2.86. The number of rotatable bonds is 8. The second kappa shape index (κ2) is 8.68. The van der Waals surface area contributed by atoms with Crippen molar-refractivity contribution in [3.63, 3.8) is 0 Å². The van der Waals surface area contributed by atoms with Crippen LogP contribution in [0.4, 0.5) is 0 Å². The van der Waals surface area contributed by atoms with E-state index in [2.05, 4.69) is 17.0 Å². The number of benzene rings is 2. The summed E-state index contributed by atoms with van der Waals surface area (Å²) in [5.74, 6) is 0.790.